The highest BCUT2D eigenvalue weighted by Gasteiger charge is 2.06. The predicted molar refractivity (Wildman–Crippen MR) is 102 cm³/mol. The van der Waals surface area contributed by atoms with Gasteiger partial charge in [0, 0.05) is 5.69 Å². The molecule has 0 unspecified atom stereocenters. The van der Waals surface area contributed by atoms with Crippen molar-refractivity contribution in [2.24, 2.45) is 0 Å². The molecule has 26 heavy (non-hydrogen) atoms. The number of benzene rings is 2. The van der Waals surface area contributed by atoms with Crippen LogP contribution < -0.4 is 20.1 Å². The van der Waals surface area contributed by atoms with Gasteiger partial charge in [0.25, 0.3) is 0 Å². The molecule has 0 aliphatic carbocycles. The van der Waals surface area contributed by atoms with Gasteiger partial charge in [0.15, 0.2) is 5.82 Å². The van der Waals surface area contributed by atoms with Gasteiger partial charge in [-0.05, 0) is 50.2 Å². The van der Waals surface area contributed by atoms with E-state index in [1.54, 1.807) is 6.20 Å². The Labute approximate surface area is 152 Å². The third kappa shape index (κ3) is 4.60. The van der Waals surface area contributed by atoms with Gasteiger partial charge in [0.1, 0.15) is 11.5 Å². The predicted octanol–water partition coefficient (Wildman–Crippen LogP) is 4.16. The highest BCUT2D eigenvalue weighted by atomic mass is 16.5. The van der Waals surface area contributed by atoms with Crippen LogP contribution in [0.15, 0.2) is 54.7 Å². The lowest BCUT2D eigenvalue weighted by atomic mass is 10.3. The van der Waals surface area contributed by atoms with Gasteiger partial charge in [-0.3, -0.25) is 0 Å². The van der Waals surface area contributed by atoms with Crippen LogP contribution in [-0.4, -0.2) is 28.4 Å². The Hall–Kier alpha value is -3.35. The molecule has 7 heteroatoms. The van der Waals surface area contributed by atoms with Crippen molar-refractivity contribution in [1.29, 1.82) is 0 Å². The molecule has 3 aromatic rings. The lowest BCUT2D eigenvalue weighted by Gasteiger charge is -2.12. The summed E-state index contributed by atoms with van der Waals surface area (Å²) in [5.41, 5.74) is 1.67. The van der Waals surface area contributed by atoms with E-state index in [4.69, 9.17) is 9.47 Å². The number of ether oxygens (including phenoxy) is 2. The molecular formula is C19H21N5O2. The Morgan fingerprint density at radius 2 is 1.65 bits per heavy atom. The summed E-state index contributed by atoms with van der Waals surface area (Å²) in [6.07, 6.45) is 1.56. The number of anilines is 4. The van der Waals surface area contributed by atoms with Crippen LogP contribution in [0.2, 0.25) is 0 Å². The Morgan fingerprint density at radius 3 is 2.42 bits per heavy atom. The van der Waals surface area contributed by atoms with Crippen LogP contribution in [0.25, 0.3) is 0 Å². The number of nitrogens with one attached hydrogen (secondary N) is 2. The van der Waals surface area contributed by atoms with Crippen molar-refractivity contribution in [3.63, 3.8) is 0 Å². The van der Waals surface area contributed by atoms with E-state index in [0.29, 0.717) is 25.0 Å². The maximum Gasteiger partial charge on any atom is 0.249 e. The van der Waals surface area contributed by atoms with E-state index in [9.17, 15) is 0 Å². The third-order valence-electron chi connectivity index (χ3n) is 3.43. The molecule has 1 heterocycles. The standard InChI is InChI=1S/C19H21N5O2/c1-3-25-15-11-9-14(10-12-15)21-19-23-18(13-20-24-19)22-16-7-5-6-8-17(16)26-4-2/h5-13H,3-4H2,1-2H3,(H2,21,22,23,24). The number of hydrogen-bond acceptors (Lipinski definition) is 7. The first-order chi connectivity index (χ1) is 12.8. The summed E-state index contributed by atoms with van der Waals surface area (Å²) in [4.78, 5) is 4.44. The lowest BCUT2D eigenvalue weighted by Crippen LogP contribution is -2.03. The normalized spacial score (nSPS) is 10.2. The molecule has 0 amide bonds. The summed E-state index contributed by atoms with van der Waals surface area (Å²) in [6.45, 7) is 5.12. The Morgan fingerprint density at radius 1 is 0.885 bits per heavy atom. The van der Waals surface area contributed by atoms with Gasteiger partial charge in [-0.15, -0.1) is 5.10 Å². The molecule has 0 saturated carbocycles. The van der Waals surface area contributed by atoms with Gasteiger partial charge in [0.2, 0.25) is 5.95 Å². The monoisotopic (exact) mass is 351 g/mol. The number of aromatic nitrogens is 3. The second-order valence-electron chi connectivity index (χ2n) is 5.30. The maximum absolute atomic E-state index is 5.61. The minimum Gasteiger partial charge on any atom is -0.494 e. The van der Waals surface area contributed by atoms with E-state index in [1.165, 1.54) is 0 Å². The van der Waals surface area contributed by atoms with Gasteiger partial charge >= 0.3 is 0 Å². The number of para-hydroxylation sites is 2. The molecule has 7 nitrogen and oxygen atoms in total. The summed E-state index contributed by atoms with van der Waals surface area (Å²) in [5, 5.41) is 14.4. The number of hydrogen-bond donors (Lipinski definition) is 2. The van der Waals surface area contributed by atoms with Crippen molar-refractivity contribution in [3.8, 4) is 11.5 Å². The number of nitrogens with zero attached hydrogens (tertiary/aromatic N) is 3. The van der Waals surface area contributed by atoms with Crippen molar-refractivity contribution < 1.29 is 9.47 Å². The van der Waals surface area contributed by atoms with Gasteiger partial charge in [-0.25, -0.2) is 0 Å². The molecule has 3 rings (SSSR count). The Balaban J connectivity index is 1.72. The molecular weight excluding hydrogens is 330 g/mol. The first-order valence-corrected chi connectivity index (χ1v) is 8.47. The maximum atomic E-state index is 5.61. The smallest absolute Gasteiger partial charge is 0.249 e. The highest BCUT2D eigenvalue weighted by molar-refractivity contribution is 5.64. The summed E-state index contributed by atoms with van der Waals surface area (Å²) >= 11 is 0. The van der Waals surface area contributed by atoms with Gasteiger partial charge < -0.3 is 20.1 Å². The molecule has 0 saturated heterocycles. The molecule has 2 aromatic carbocycles. The first kappa shape index (κ1) is 17.5. The Kier molecular flexibility index (Phi) is 5.82. The zero-order valence-corrected chi connectivity index (χ0v) is 14.8. The fourth-order valence-electron chi connectivity index (χ4n) is 2.34. The van der Waals surface area contributed by atoms with Crippen LogP contribution >= 0.6 is 0 Å². The van der Waals surface area contributed by atoms with Gasteiger partial charge in [0.05, 0.1) is 25.1 Å². The fraction of sp³-hybridized carbons (Fsp3) is 0.211. The molecule has 0 aliphatic rings. The van der Waals surface area contributed by atoms with Crippen LogP contribution in [0.3, 0.4) is 0 Å². The molecule has 0 bridgehead atoms. The second-order valence-corrected chi connectivity index (χ2v) is 5.30. The van der Waals surface area contributed by atoms with Crippen molar-refractivity contribution in [3.05, 3.63) is 54.7 Å². The molecule has 134 valence electrons. The summed E-state index contributed by atoms with van der Waals surface area (Å²) in [7, 11) is 0. The summed E-state index contributed by atoms with van der Waals surface area (Å²) < 4.78 is 11.0. The quantitative estimate of drug-likeness (QED) is 0.631. The van der Waals surface area contributed by atoms with E-state index in [-0.39, 0.29) is 0 Å². The van der Waals surface area contributed by atoms with E-state index in [2.05, 4.69) is 25.8 Å². The average Bonchev–Trinajstić information content (AvgIpc) is 2.66. The lowest BCUT2D eigenvalue weighted by molar-refractivity contribution is 0.340. The van der Waals surface area contributed by atoms with E-state index in [1.807, 2.05) is 62.4 Å². The summed E-state index contributed by atoms with van der Waals surface area (Å²) in [6, 6.07) is 15.3. The SMILES string of the molecule is CCOc1ccc(Nc2nncc(Nc3ccccc3OCC)n2)cc1. The topological polar surface area (TPSA) is 81.2 Å². The number of rotatable bonds is 8. The largest absolute Gasteiger partial charge is 0.494 e. The van der Waals surface area contributed by atoms with Crippen molar-refractivity contribution in [2.45, 2.75) is 13.8 Å². The van der Waals surface area contributed by atoms with Crippen LogP contribution in [0, 0.1) is 0 Å². The molecule has 0 fully saturated rings. The molecule has 1 aromatic heterocycles. The first-order valence-electron chi connectivity index (χ1n) is 8.47. The van der Waals surface area contributed by atoms with Crippen LogP contribution in [0.5, 0.6) is 11.5 Å². The Bertz CT molecular complexity index is 839. The van der Waals surface area contributed by atoms with Gasteiger partial charge in [-0.2, -0.15) is 10.1 Å². The molecule has 2 N–H and O–H groups in total. The fourth-order valence-corrected chi connectivity index (χ4v) is 2.34. The summed E-state index contributed by atoms with van der Waals surface area (Å²) in [5.74, 6) is 2.54. The minimum absolute atomic E-state index is 0.396. The molecule has 0 spiro atoms. The zero-order valence-electron chi connectivity index (χ0n) is 14.8. The van der Waals surface area contributed by atoms with E-state index >= 15 is 0 Å². The highest BCUT2D eigenvalue weighted by Crippen LogP contribution is 2.27. The van der Waals surface area contributed by atoms with Crippen molar-refractivity contribution >= 4 is 23.1 Å². The van der Waals surface area contributed by atoms with Crippen molar-refractivity contribution in [2.75, 3.05) is 23.8 Å². The van der Waals surface area contributed by atoms with Gasteiger partial charge in [-0.1, -0.05) is 12.1 Å². The second kappa shape index (κ2) is 8.66. The van der Waals surface area contributed by atoms with Crippen LogP contribution in [-0.2, 0) is 0 Å². The minimum atomic E-state index is 0.396. The van der Waals surface area contributed by atoms with Crippen LogP contribution in [0.4, 0.5) is 23.1 Å². The van der Waals surface area contributed by atoms with E-state index in [0.717, 1.165) is 22.9 Å². The van der Waals surface area contributed by atoms with Crippen molar-refractivity contribution in [1.82, 2.24) is 15.2 Å². The molecule has 0 radical (unpaired) electrons. The third-order valence-corrected chi connectivity index (χ3v) is 3.43. The molecule has 0 atom stereocenters. The zero-order chi connectivity index (χ0) is 18.2. The van der Waals surface area contributed by atoms with E-state index < -0.39 is 0 Å². The molecule has 0 aliphatic heterocycles. The van der Waals surface area contributed by atoms with Crippen LogP contribution in [0.1, 0.15) is 13.8 Å². The average molecular weight is 351 g/mol.